The van der Waals surface area contributed by atoms with Crippen LogP contribution in [0.5, 0.6) is 0 Å². The summed E-state index contributed by atoms with van der Waals surface area (Å²) in [4.78, 5) is 4.04. The highest BCUT2D eigenvalue weighted by Gasteiger charge is 2.04. The second-order valence-corrected chi connectivity index (χ2v) is 3.24. The van der Waals surface area contributed by atoms with E-state index in [0.29, 0.717) is 16.4 Å². The van der Waals surface area contributed by atoms with E-state index in [2.05, 4.69) is 4.98 Å². The lowest BCUT2D eigenvalue weighted by Gasteiger charge is -1.97. The Hall–Kier alpha value is -1.53. The third-order valence-electron chi connectivity index (χ3n) is 1.76. The summed E-state index contributed by atoms with van der Waals surface area (Å²) in [6.45, 7) is 1.94. The second-order valence-electron chi connectivity index (χ2n) is 2.83. The maximum atomic E-state index is 8.63. The number of rotatable bonds is 0. The summed E-state index contributed by atoms with van der Waals surface area (Å²) in [6.07, 6.45) is 3.54. The van der Waals surface area contributed by atoms with E-state index in [1.165, 1.54) is 0 Å². The zero-order valence-electron chi connectivity index (χ0n) is 6.95. The topological polar surface area (TPSA) is 41.1 Å². The Balaban J connectivity index is 2.84. The van der Waals surface area contributed by atoms with E-state index < -0.39 is 0 Å². The third-order valence-corrected chi connectivity index (χ3v) is 2.04. The van der Waals surface area contributed by atoms with Crippen molar-refractivity contribution in [2.75, 3.05) is 0 Å². The van der Waals surface area contributed by atoms with Crippen LogP contribution in [0, 0.1) is 18.3 Å². The van der Waals surface area contributed by atoms with E-state index in [1.807, 2.05) is 25.3 Å². The third kappa shape index (κ3) is 1.25. The highest BCUT2D eigenvalue weighted by atomic mass is 35.5. The number of aromatic nitrogens is 2. The van der Waals surface area contributed by atoms with Crippen molar-refractivity contribution in [3.05, 3.63) is 34.7 Å². The van der Waals surface area contributed by atoms with Gasteiger partial charge in [-0.25, -0.2) is 4.98 Å². The minimum absolute atomic E-state index is 0.382. The summed E-state index contributed by atoms with van der Waals surface area (Å²) >= 11 is 5.94. The zero-order valence-corrected chi connectivity index (χ0v) is 7.71. The van der Waals surface area contributed by atoms with Crippen LogP contribution in [-0.2, 0) is 0 Å². The number of pyridine rings is 1. The van der Waals surface area contributed by atoms with Crippen LogP contribution in [0.2, 0.25) is 5.02 Å². The molecule has 0 unspecified atom stereocenters. The Morgan fingerprint density at radius 1 is 1.54 bits per heavy atom. The van der Waals surface area contributed by atoms with E-state index in [-0.39, 0.29) is 0 Å². The van der Waals surface area contributed by atoms with Crippen molar-refractivity contribution >= 4 is 17.2 Å². The quantitative estimate of drug-likeness (QED) is 0.641. The van der Waals surface area contributed by atoms with Crippen LogP contribution in [-0.4, -0.2) is 9.38 Å². The highest BCUT2D eigenvalue weighted by Crippen LogP contribution is 2.18. The van der Waals surface area contributed by atoms with E-state index in [4.69, 9.17) is 16.9 Å². The van der Waals surface area contributed by atoms with Gasteiger partial charge in [0.1, 0.15) is 6.07 Å². The van der Waals surface area contributed by atoms with E-state index in [9.17, 15) is 0 Å². The standard InChI is InChI=1S/C9H6ClN3/c1-6-2-8(10)9-12-7(3-11)5-13(9)4-6/h2,4-5H,1H3. The lowest BCUT2D eigenvalue weighted by atomic mass is 10.3. The fraction of sp³-hybridized carbons (Fsp3) is 0.111. The van der Waals surface area contributed by atoms with E-state index >= 15 is 0 Å². The second kappa shape index (κ2) is 2.75. The van der Waals surface area contributed by atoms with E-state index in [1.54, 1.807) is 10.6 Å². The molecule has 0 saturated carbocycles. The Morgan fingerprint density at radius 3 is 3.00 bits per heavy atom. The lowest BCUT2D eigenvalue weighted by molar-refractivity contribution is 1.16. The van der Waals surface area contributed by atoms with Crippen LogP contribution in [0.15, 0.2) is 18.5 Å². The summed E-state index contributed by atoms with van der Waals surface area (Å²) in [5, 5.41) is 9.20. The van der Waals surface area contributed by atoms with Gasteiger partial charge in [0.25, 0.3) is 0 Å². The zero-order chi connectivity index (χ0) is 9.42. The number of fused-ring (bicyclic) bond motifs is 1. The van der Waals surface area contributed by atoms with Crippen LogP contribution in [0.4, 0.5) is 0 Å². The van der Waals surface area contributed by atoms with Crippen molar-refractivity contribution in [2.45, 2.75) is 6.92 Å². The molecule has 4 heteroatoms. The van der Waals surface area contributed by atoms with Crippen molar-refractivity contribution in [1.29, 1.82) is 5.26 Å². The highest BCUT2D eigenvalue weighted by molar-refractivity contribution is 6.33. The Kier molecular flexibility index (Phi) is 1.71. The Morgan fingerprint density at radius 2 is 2.31 bits per heavy atom. The maximum Gasteiger partial charge on any atom is 0.159 e. The first kappa shape index (κ1) is 8.09. The van der Waals surface area contributed by atoms with Crippen molar-refractivity contribution in [1.82, 2.24) is 9.38 Å². The molecule has 2 rings (SSSR count). The van der Waals surface area contributed by atoms with Crippen LogP contribution >= 0.6 is 11.6 Å². The molecule has 2 aromatic rings. The Labute approximate surface area is 80.2 Å². The molecule has 2 aromatic heterocycles. The summed E-state index contributed by atoms with van der Waals surface area (Å²) in [7, 11) is 0. The molecule has 0 aliphatic rings. The molecule has 0 aliphatic carbocycles. The minimum Gasteiger partial charge on any atom is -0.304 e. The number of hydrogen-bond donors (Lipinski definition) is 0. The summed E-state index contributed by atoms with van der Waals surface area (Å²) in [6, 6.07) is 3.80. The molecule has 13 heavy (non-hydrogen) atoms. The van der Waals surface area contributed by atoms with Gasteiger partial charge in [0, 0.05) is 12.4 Å². The van der Waals surface area contributed by atoms with Gasteiger partial charge < -0.3 is 4.40 Å². The van der Waals surface area contributed by atoms with Crippen molar-refractivity contribution in [3.63, 3.8) is 0 Å². The number of nitriles is 1. The average Bonchev–Trinajstić information content (AvgIpc) is 2.47. The van der Waals surface area contributed by atoms with Gasteiger partial charge in [-0.15, -0.1) is 0 Å². The first-order chi connectivity index (χ1) is 6.20. The molecule has 3 nitrogen and oxygen atoms in total. The lowest BCUT2D eigenvalue weighted by Crippen LogP contribution is -1.85. The number of aryl methyl sites for hydroxylation is 1. The predicted molar refractivity (Wildman–Crippen MR) is 49.7 cm³/mol. The molecule has 0 N–H and O–H groups in total. The van der Waals surface area contributed by atoms with Crippen LogP contribution in [0.3, 0.4) is 0 Å². The molecule has 0 radical (unpaired) electrons. The molecule has 0 saturated heterocycles. The smallest absolute Gasteiger partial charge is 0.159 e. The fourth-order valence-corrected chi connectivity index (χ4v) is 1.56. The van der Waals surface area contributed by atoms with Crippen LogP contribution in [0.1, 0.15) is 11.3 Å². The minimum atomic E-state index is 0.382. The molecule has 0 amide bonds. The van der Waals surface area contributed by atoms with Gasteiger partial charge in [-0.05, 0) is 18.6 Å². The molecule has 2 heterocycles. The fourth-order valence-electron chi connectivity index (χ4n) is 1.24. The summed E-state index contributed by atoms with van der Waals surface area (Å²) in [5.41, 5.74) is 2.05. The van der Waals surface area contributed by atoms with Gasteiger partial charge in [0.2, 0.25) is 0 Å². The van der Waals surface area contributed by atoms with Gasteiger partial charge in [0.05, 0.1) is 5.02 Å². The molecule has 0 fully saturated rings. The van der Waals surface area contributed by atoms with Gasteiger partial charge in [-0.2, -0.15) is 5.26 Å². The predicted octanol–water partition coefficient (Wildman–Crippen LogP) is 2.17. The number of hydrogen-bond acceptors (Lipinski definition) is 2. The van der Waals surface area contributed by atoms with Gasteiger partial charge >= 0.3 is 0 Å². The normalized spacial score (nSPS) is 10.2. The van der Waals surface area contributed by atoms with Crippen molar-refractivity contribution in [3.8, 4) is 6.07 Å². The molecule has 0 atom stereocenters. The van der Waals surface area contributed by atoms with Crippen molar-refractivity contribution in [2.24, 2.45) is 0 Å². The molecule has 0 spiro atoms. The first-order valence-corrected chi connectivity index (χ1v) is 4.13. The first-order valence-electron chi connectivity index (χ1n) is 3.75. The molecular formula is C9H6ClN3. The van der Waals surface area contributed by atoms with Gasteiger partial charge in [-0.3, -0.25) is 0 Å². The number of nitrogens with zero attached hydrogens (tertiary/aromatic N) is 3. The molecule has 0 bridgehead atoms. The van der Waals surface area contributed by atoms with E-state index in [0.717, 1.165) is 5.56 Å². The van der Waals surface area contributed by atoms with Crippen LogP contribution < -0.4 is 0 Å². The number of halogens is 1. The molecular weight excluding hydrogens is 186 g/mol. The average molecular weight is 192 g/mol. The molecule has 0 aliphatic heterocycles. The molecule has 64 valence electrons. The summed E-state index contributed by atoms with van der Waals surface area (Å²) in [5.74, 6) is 0. The summed E-state index contributed by atoms with van der Waals surface area (Å²) < 4.78 is 1.76. The largest absolute Gasteiger partial charge is 0.304 e. The molecule has 0 aromatic carbocycles. The van der Waals surface area contributed by atoms with Crippen molar-refractivity contribution < 1.29 is 0 Å². The van der Waals surface area contributed by atoms with Gasteiger partial charge in [0.15, 0.2) is 11.3 Å². The monoisotopic (exact) mass is 191 g/mol. The van der Waals surface area contributed by atoms with Crippen LogP contribution in [0.25, 0.3) is 5.65 Å². The van der Waals surface area contributed by atoms with Gasteiger partial charge in [-0.1, -0.05) is 11.6 Å². The maximum absolute atomic E-state index is 8.63. The Bertz CT molecular complexity index is 507. The SMILES string of the molecule is Cc1cc(Cl)c2nc(C#N)cn2c1. The number of imidazole rings is 1.